The first-order chi connectivity index (χ1) is 6.24. The van der Waals surface area contributed by atoms with Crippen molar-refractivity contribution in [1.29, 1.82) is 0 Å². The van der Waals surface area contributed by atoms with Gasteiger partial charge in [-0.2, -0.15) is 0 Å². The second kappa shape index (κ2) is 3.56. The molecular formula is C10H21N3. The van der Waals surface area contributed by atoms with E-state index in [-0.39, 0.29) is 0 Å². The fourth-order valence-electron chi connectivity index (χ4n) is 2.91. The Hall–Kier alpha value is -0.120. The van der Waals surface area contributed by atoms with Crippen LogP contribution in [-0.4, -0.2) is 50.2 Å². The highest BCUT2D eigenvalue weighted by Crippen LogP contribution is 2.37. The minimum atomic E-state index is 0.607. The topological polar surface area (TPSA) is 18.5 Å². The number of piperidine rings is 1. The molecule has 76 valence electrons. The van der Waals surface area contributed by atoms with Crippen molar-refractivity contribution in [3.63, 3.8) is 0 Å². The van der Waals surface area contributed by atoms with Crippen molar-refractivity contribution < 1.29 is 0 Å². The van der Waals surface area contributed by atoms with E-state index < -0.39 is 0 Å². The maximum absolute atomic E-state index is 3.27. The van der Waals surface area contributed by atoms with Crippen molar-refractivity contribution in [2.24, 2.45) is 5.41 Å². The summed E-state index contributed by atoms with van der Waals surface area (Å²) in [5.74, 6) is 0. The molecule has 0 amide bonds. The third-order valence-corrected chi connectivity index (χ3v) is 3.61. The van der Waals surface area contributed by atoms with Gasteiger partial charge in [0.15, 0.2) is 0 Å². The summed E-state index contributed by atoms with van der Waals surface area (Å²) < 4.78 is 0. The Labute approximate surface area is 81.1 Å². The zero-order chi connectivity index (χ0) is 9.31. The van der Waals surface area contributed by atoms with Gasteiger partial charge in [0, 0.05) is 19.6 Å². The van der Waals surface area contributed by atoms with Crippen molar-refractivity contribution in [3.8, 4) is 0 Å². The zero-order valence-electron chi connectivity index (χ0n) is 8.84. The van der Waals surface area contributed by atoms with E-state index in [1.54, 1.807) is 0 Å². The van der Waals surface area contributed by atoms with Gasteiger partial charge in [0.05, 0.1) is 0 Å². The smallest absolute Gasteiger partial charge is 0.0200 e. The Morgan fingerprint density at radius 3 is 2.62 bits per heavy atom. The molecule has 1 atom stereocenters. The molecule has 2 aliphatic heterocycles. The predicted octanol–water partition coefficient (Wildman–Crippen LogP) is 0.539. The number of likely N-dealkylation sites (tertiary alicyclic amines) is 1. The van der Waals surface area contributed by atoms with E-state index in [4.69, 9.17) is 0 Å². The largest absolute Gasteiger partial charge is 0.306 e. The molecule has 0 aromatic carbocycles. The minimum absolute atomic E-state index is 0.607. The second-order valence-electron chi connectivity index (χ2n) is 4.74. The normalized spacial score (nSPS) is 37.4. The first kappa shape index (κ1) is 9.44. The van der Waals surface area contributed by atoms with Gasteiger partial charge in [0.25, 0.3) is 0 Å². The molecule has 0 bridgehead atoms. The van der Waals surface area contributed by atoms with Crippen LogP contribution in [0, 0.1) is 5.41 Å². The molecule has 1 spiro atoms. The van der Waals surface area contributed by atoms with Gasteiger partial charge >= 0.3 is 0 Å². The molecule has 0 aromatic rings. The maximum Gasteiger partial charge on any atom is 0.0200 e. The standard InChI is InChI=1S/C10H21N3/c1-11-13-7-5-10(9-13)4-3-6-12(2)8-10/h11H,3-9H2,1-2H3. The zero-order valence-corrected chi connectivity index (χ0v) is 8.84. The fourth-order valence-corrected chi connectivity index (χ4v) is 2.91. The summed E-state index contributed by atoms with van der Waals surface area (Å²) in [7, 11) is 4.29. The first-order valence-corrected chi connectivity index (χ1v) is 5.35. The number of hydrazine groups is 1. The highest BCUT2D eigenvalue weighted by atomic mass is 15.5. The lowest BCUT2D eigenvalue weighted by molar-refractivity contribution is 0.105. The number of hydrogen-bond donors (Lipinski definition) is 1. The van der Waals surface area contributed by atoms with E-state index >= 15 is 0 Å². The van der Waals surface area contributed by atoms with Gasteiger partial charge in [0.2, 0.25) is 0 Å². The second-order valence-corrected chi connectivity index (χ2v) is 4.74. The van der Waals surface area contributed by atoms with Gasteiger partial charge in [-0.3, -0.25) is 5.43 Å². The van der Waals surface area contributed by atoms with Gasteiger partial charge in [-0.15, -0.1) is 0 Å². The molecule has 2 heterocycles. The summed E-state index contributed by atoms with van der Waals surface area (Å²) in [6.45, 7) is 5.06. The molecular weight excluding hydrogens is 162 g/mol. The minimum Gasteiger partial charge on any atom is -0.306 e. The fraction of sp³-hybridized carbons (Fsp3) is 1.00. The Morgan fingerprint density at radius 2 is 2.00 bits per heavy atom. The average molecular weight is 183 g/mol. The first-order valence-electron chi connectivity index (χ1n) is 5.35. The van der Waals surface area contributed by atoms with Gasteiger partial charge in [-0.1, -0.05) is 0 Å². The Morgan fingerprint density at radius 1 is 1.15 bits per heavy atom. The Kier molecular flexibility index (Phi) is 2.58. The summed E-state index contributed by atoms with van der Waals surface area (Å²) in [5.41, 5.74) is 3.87. The Bertz CT molecular complexity index is 183. The van der Waals surface area contributed by atoms with Gasteiger partial charge in [0.1, 0.15) is 0 Å². The Balaban J connectivity index is 1.97. The van der Waals surface area contributed by atoms with E-state index in [9.17, 15) is 0 Å². The van der Waals surface area contributed by atoms with Crippen molar-refractivity contribution in [2.75, 3.05) is 40.3 Å². The lowest BCUT2D eigenvalue weighted by atomic mass is 9.79. The number of nitrogens with zero attached hydrogens (tertiary/aromatic N) is 2. The summed E-state index contributed by atoms with van der Waals surface area (Å²) in [6.07, 6.45) is 4.18. The molecule has 0 aliphatic carbocycles. The molecule has 0 aromatic heterocycles. The van der Waals surface area contributed by atoms with Crippen LogP contribution in [0.1, 0.15) is 19.3 Å². The van der Waals surface area contributed by atoms with Crippen LogP contribution in [0.2, 0.25) is 0 Å². The van der Waals surface area contributed by atoms with Crippen LogP contribution in [0.25, 0.3) is 0 Å². The van der Waals surface area contributed by atoms with E-state index in [1.807, 2.05) is 7.05 Å². The quantitative estimate of drug-likeness (QED) is 0.640. The summed E-state index contributed by atoms with van der Waals surface area (Å²) >= 11 is 0. The summed E-state index contributed by atoms with van der Waals surface area (Å²) in [4.78, 5) is 2.49. The van der Waals surface area contributed by atoms with Crippen molar-refractivity contribution >= 4 is 0 Å². The van der Waals surface area contributed by atoms with Crippen LogP contribution >= 0.6 is 0 Å². The monoisotopic (exact) mass is 183 g/mol. The molecule has 2 aliphatic rings. The van der Waals surface area contributed by atoms with Crippen LogP contribution in [0.3, 0.4) is 0 Å². The van der Waals surface area contributed by atoms with Crippen LogP contribution in [0.4, 0.5) is 0 Å². The van der Waals surface area contributed by atoms with E-state index in [1.165, 1.54) is 45.4 Å². The summed E-state index contributed by atoms with van der Waals surface area (Å²) in [5, 5.41) is 2.36. The number of nitrogens with one attached hydrogen (secondary N) is 1. The van der Waals surface area contributed by atoms with E-state index in [0.29, 0.717) is 5.41 Å². The molecule has 0 radical (unpaired) electrons. The van der Waals surface area contributed by atoms with Crippen molar-refractivity contribution in [3.05, 3.63) is 0 Å². The molecule has 2 fully saturated rings. The van der Waals surface area contributed by atoms with Crippen LogP contribution in [0.15, 0.2) is 0 Å². The summed E-state index contributed by atoms with van der Waals surface area (Å²) in [6, 6.07) is 0. The molecule has 1 N–H and O–H groups in total. The van der Waals surface area contributed by atoms with Crippen molar-refractivity contribution in [2.45, 2.75) is 19.3 Å². The number of rotatable bonds is 1. The van der Waals surface area contributed by atoms with Crippen LogP contribution < -0.4 is 5.43 Å². The molecule has 0 saturated carbocycles. The highest BCUT2D eigenvalue weighted by Gasteiger charge is 2.39. The highest BCUT2D eigenvalue weighted by molar-refractivity contribution is 4.93. The molecule has 13 heavy (non-hydrogen) atoms. The molecule has 2 rings (SSSR count). The number of hydrogen-bond acceptors (Lipinski definition) is 3. The van der Waals surface area contributed by atoms with E-state index in [2.05, 4.69) is 22.4 Å². The van der Waals surface area contributed by atoms with Crippen LogP contribution in [0.5, 0.6) is 0 Å². The van der Waals surface area contributed by atoms with E-state index in [0.717, 1.165) is 0 Å². The molecule has 1 unspecified atom stereocenters. The van der Waals surface area contributed by atoms with Crippen molar-refractivity contribution in [1.82, 2.24) is 15.3 Å². The lowest BCUT2D eigenvalue weighted by Crippen LogP contribution is -2.44. The van der Waals surface area contributed by atoms with Gasteiger partial charge in [-0.05, 0) is 45.3 Å². The molecule has 2 saturated heterocycles. The van der Waals surface area contributed by atoms with Gasteiger partial charge in [-0.25, -0.2) is 5.01 Å². The third kappa shape index (κ3) is 1.87. The maximum atomic E-state index is 3.27. The SMILES string of the molecule is CNN1CCC2(CCCN(C)C2)C1. The molecule has 3 nitrogen and oxygen atoms in total. The lowest BCUT2D eigenvalue weighted by Gasteiger charge is -2.38. The van der Waals surface area contributed by atoms with Crippen LogP contribution in [-0.2, 0) is 0 Å². The molecule has 3 heteroatoms. The third-order valence-electron chi connectivity index (χ3n) is 3.61. The predicted molar refractivity (Wildman–Crippen MR) is 54.4 cm³/mol. The average Bonchev–Trinajstić information content (AvgIpc) is 2.48. The van der Waals surface area contributed by atoms with Gasteiger partial charge < -0.3 is 4.90 Å².